The smallest absolute Gasteiger partial charge is 0.273 e. The highest BCUT2D eigenvalue weighted by Gasteiger charge is 2.10. The maximum Gasteiger partial charge on any atom is 0.273 e. The van der Waals surface area contributed by atoms with Crippen LogP contribution in [0.15, 0.2) is 47.5 Å². The van der Waals surface area contributed by atoms with E-state index in [1.807, 2.05) is 24.3 Å². The largest absolute Gasteiger partial charge is 0.494 e. The Morgan fingerprint density at radius 1 is 1.20 bits per heavy atom. The van der Waals surface area contributed by atoms with Crippen LogP contribution in [0.2, 0.25) is 0 Å². The summed E-state index contributed by atoms with van der Waals surface area (Å²) in [5.41, 5.74) is 1.40. The molecule has 0 fully saturated rings. The second kappa shape index (κ2) is 8.82. The number of hydrogen-bond acceptors (Lipinski definition) is 5. The molecule has 6 nitrogen and oxygen atoms in total. The van der Waals surface area contributed by atoms with Crippen molar-refractivity contribution in [3.05, 3.63) is 58.1 Å². The summed E-state index contributed by atoms with van der Waals surface area (Å²) in [7, 11) is 1.46. The third-order valence-corrected chi connectivity index (χ3v) is 3.57. The Labute approximate surface area is 147 Å². The monoisotopic (exact) mass is 342 g/mol. The molecule has 0 heterocycles. The van der Waals surface area contributed by atoms with Crippen molar-refractivity contribution in [1.82, 2.24) is 0 Å². The standard InChI is InChI=1S/C19H22N2O4/c1-14(2)10-11-25-17-7-4-15(5-8-17)13-20-18-9-6-16(21(22)23)12-19(18)24-3/h4-9,12-14H,10-11H2,1-3H3. The fraction of sp³-hybridized carbons (Fsp3) is 0.316. The van der Waals surface area contributed by atoms with Crippen molar-refractivity contribution in [2.75, 3.05) is 13.7 Å². The first-order chi connectivity index (χ1) is 12.0. The van der Waals surface area contributed by atoms with Gasteiger partial charge in [-0.05, 0) is 48.2 Å². The van der Waals surface area contributed by atoms with E-state index < -0.39 is 4.92 Å². The van der Waals surface area contributed by atoms with Crippen molar-refractivity contribution in [1.29, 1.82) is 0 Å². The number of ether oxygens (including phenoxy) is 2. The average Bonchev–Trinajstić information content (AvgIpc) is 2.60. The molecule has 0 radical (unpaired) electrons. The number of aliphatic imine (C=N–C) groups is 1. The van der Waals surface area contributed by atoms with Gasteiger partial charge in [-0.25, -0.2) is 0 Å². The number of nitro benzene ring substituents is 1. The fourth-order valence-corrected chi connectivity index (χ4v) is 2.09. The van der Waals surface area contributed by atoms with Gasteiger partial charge in [0.15, 0.2) is 5.75 Å². The zero-order chi connectivity index (χ0) is 18.2. The Bertz CT molecular complexity index is 740. The summed E-state index contributed by atoms with van der Waals surface area (Å²) >= 11 is 0. The van der Waals surface area contributed by atoms with Gasteiger partial charge in [0.1, 0.15) is 11.4 Å². The van der Waals surface area contributed by atoms with Crippen molar-refractivity contribution in [3.8, 4) is 11.5 Å². The number of rotatable bonds is 8. The van der Waals surface area contributed by atoms with Gasteiger partial charge in [-0.3, -0.25) is 15.1 Å². The number of nitro groups is 1. The molecule has 0 aliphatic rings. The average molecular weight is 342 g/mol. The van der Waals surface area contributed by atoms with Crippen LogP contribution in [0.4, 0.5) is 11.4 Å². The Kier molecular flexibility index (Phi) is 6.51. The van der Waals surface area contributed by atoms with Crippen LogP contribution in [0.3, 0.4) is 0 Å². The van der Waals surface area contributed by atoms with Crippen LogP contribution >= 0.6 is 0 Å². The quantitative estimate of drug-likeness (QED) is 0.393. The van der Waals surface area contributed by atoms with E-state index in [1.165, 1.54) is 19.2 Å². The molecular weight excluding hydrogens is 320 g/mol. The molecular formula is C19H22N2O4. The molecule has 2 aromatic carbocycles. The van der Waals surface area contributed by atoms with Gasteiger partial charge < -0.3 is 9.47 Å². The molecule has 0 spiro atoms. The van der Waals surface area contributed by atoms with Crippen molar-refractivity contribution < 1.29 is 14.4 Å². The molecule has 0 saturated carbocycles. The summed E-state index contributed by atoms with van der Waals surface area (Å²) in [6, 6.07) is 11.9. The van der Waals surface area contributed by atoms with Crippen LogP contribution in [0, 0.1) is 16.0 Å². The Hall–Kier alpha value is -2.89. The summed E-state index contributed by atoms with van der Waals surface area (Å²) < 4.78 is 10.8. The van der Waals surface area contributed by atoms with E-state index >= 15 is 0 Å². The van der Waals surface area contributed by atoms with Crippen molar-refractivity contribution in [3.63, 3.8) is 0 Å². The molecule has 0 amide bonds. The van der Waals surface area contributed by atoms with E-state index in [4.69, 9.17) is 9.47 Å². The van der Waals surface area contributed by atoms with Crippen LogP contribution in [0.5, 0.6) is 11.5 Å². The number of non-ortho nitro benzene ring substituents is 1. The number of benzene rings is 2. The van der Waals surface area contributed by atoms with Crippen LogP contribution in [-0.4, -0.2) is 24.9 Å². The van der Waals surface area contributed by atoms with E-state index in [0.717, 1.165) is 17.7 Å². The van der Waals surface area contributed by atoms with Gasteiger partial charge in [-0.2, -0.15) is 0 Å². The van der Waals surface area contributed by atoms with Gasteiger partial charge in [0, 0.05) is 12.3 Å². The highest BCUT2D eigenvalue weighted by Crippen LogP contribution is 2.31. The van der Waals surface area contributed by atoms with Crippen LogP contribution in [-0.2, 0) is 0 Å². The lowest BCUT2D eigenvalue weighted by Crippen LogP contribution is -2.01. The molecule has 2 rings (SSSR count). The van der Waals surface area contributed by atoms with E-state index in [1.54, 1.807) is 12.3 Å². The summed E-state index contributed by atoms with van der Waals surface area (Å²) in [5, 5.41) is 10.8. The van der Waals surface area contributed by atoms with E-state index in [0.29, 0.717) is 24.0 Å². The number of methoxy groups -OCH3 is 1. The van der Waals surface area contributed by atoms with E-state index in [2.05, 4.69) is 18.8 Å². The second-order valence-corrected chi connectivity index (χ2v) is 5.97. The number of nitrogens with zero attached hydrogens (tertiary/aromatic N) is 2. The minimum absolute atomic E-state index is 0.0290. The Morgan fingerprint density at radius 3 is 2.52 bits per heavy atom. The molecule has 2 aromatic rings. The first-order valence-corrected chi connectivity index (χ1v) is 8.09. The number of hydrogen-bond donors (Lipinski definition) is 0. The zero-order valence-electron chi connectivity index (χ0n) is 14.6. The maximum absolute atomic E-state index is 10.8. The van der Waals surface area contributed by atoms with Gasteiger partial charge >= 0.3 is 0 Å². The Balaban J connectivity index is 2.05. The first kappa shape index (κ1) is 18.4. The predicted molar refractivity (Wildman–Crippen MR) is 98.3 cm³/mol. The summed E-state index contributed by atoms with van der Waals surface area (Å²) in [6.45, 7) is 5.02. The third-order valence-electron chi connectivity index (χ3n) is 3.57. The second-order valence-electron chi connectivity index (χ2n) is 5.97. The molecule has 132 valence electrons. The molecule has 0 saturated heterocycles. The molecule has 0 N–H and O–H groups in total. The molecule has 6 heteroatoms. The summed E-state index contributed by atoms with van der Waals surface area (Å²) in [6.07, 6.45) is 2.70. The van der Waals surface area contributed by atoms with Gasteiger partial charge in [0.2, 0.25) is 0 Å². The third kappa shape index (κ3) is 5.60. The van der Waals surface area contributed by atoms with Crippen LogP contribution < -0.4 is 9.47 Å². The van der Waals surface area contributed by atoms with Gasteiger partial charge in [-0.1, -0.05) is 13.8 Å². The molecule has 0 atom stereocenters. The lowest BCUT2D eigenvalue weighted by Gasteiger charge is -2.08. The maximum atomic E-state index is 10.8. The minimum Gasteiger partial charge on any atom is -0.494 e. The minimum atomic E-state index is -0.464. The predicted octanol–water partition coefficient (Wildman–Crippen LogP) is 4.78. The topological polar surface area (TPSA) is 74.0 Å². The van der Waals surface area contributed by atoms with Crippen LogP contribution in [0.1, 0.15) is 25.8 Å². The zero-order valence-corrected chi connectivity index (χ0v) is 14.6. The molecule has 0 bridgehead atoms. The Morgan fingerprint density at radius 2 is 1.92 bits per heavy atom. The molecule has 25 heavy (non-hydrogen) atoms. The highest BCUT2D eigenvalue weighted by molar-refractivity contribution is 5.83. The van der Waals surface area contributed by atoms with Crippen molar-refractivity contribution in [2.45, 2.75) is 20.3 Å². The highest BCUT2D eigenvalue weighted by atomic mass is 16.6. The molecule has 0 unspecified atom stereocenters. The molecule has 0 aliphatic heterocycles. The van der Waals surface area contributed by atoms with Gasteiger partial charge in [0.05, 0.1) is 24.7 Å². The molecule has 0 aromatic heterocycles. The first-order valence-electron chi connectivity index (χ1n) is 8.09. The summed E-state index contributed by atoms with van der Waals surface area (Å²) in [5.74, 6) is 1.80. The van der Waals surface area contributed by atoms with Crippen molar-refractivity contribution >= 4 is 17.6 Å². The lowest BCUT2D eigenvalue weighted by molar-refractivity contribution is -0.384. The van der Waals surface area contributed by atoms with E-state index in [9.17, 15) is 10.1 Å². The fourth-order valence-electron chi connectivity index (χ4n) is 2.09. The SMILES string of the molecule is COc1cc([N+](=O)[O-])ccc1N=Cc1ccc(OCCC(C)C)cc1. The van der Waals surface area contributed by atoms with E-state index in [-0.39, 0.29) is 5.69 Å². The van der Waals surface area contributed by atoms with Gasteiger partial charge in [-0.15, -0.1) is 0 Å². The van der Waals surface area contributed by atoms with Crippen LogP contribution in [0.25, 0.3) is 0 Å². The normalized spacial score (nSPS) is 11.0. The molecule has 0 aliphatic carbocycles. The lowest BCUT2D eigenvalue weighted by atomic mass is 10.1. The summed E-state index contributed by atoms with van der Waals surface area (Å²) in [4.78, 5) is 14.7. The van der Waals surface area contributed by atoms with Crippen molar-refractivity contribution in [2.24, 2.45) is 10.9 Å². The van der Waals surface area contributed by atoms with Gasteiger partial charge in [0.25, 0.3) is 5.69 Å².